The summed E-state index contributed by atoms with van der Waals surface area (Å²) in [7, 11) is 0. The Kier molecular flexibility index (Phi) is 13.1. The summed E-state index contributed by atoms with van der Waals surface area (Å²) in [5, 5.41) is 0. The van der Waals surface area contributed by atoms with Crippen molar-refractivity contribution in [2.45, 2.75) is 79.1 Å². The van der Waals surface area contributed by atoms with E-state index >= 15 is 0 Å². The molecule has 0 radical (unpaired) electrons. The van der Waals surface area contributed by atoms with Crippen molar-refractivity contribution in [2.75, 3.05) is 0 Å². The van der Waals surface area contributed by atoms with Gasteiger partial charge in [0.1, 0.15) is 0 Å². The molecule has 110 valence electrons. The monoisotopic (exact) mass is 262 g/mol. The lowest BCUT2D eigenvalue weighted by Gasteiger charge is -2.16. The second kappa shape index (κ2) is 13.6. The Labute approximate surface area is 121 Å². The van der Waals surface area contributed by atoms with E-state index in [1.165, 1.54) is 56.9 Å². The van der Waals surface area contributed by atoms with Crippen molar-refractivity contribution in [3.8, 4) is 0 Å². The highest BCUT2D eigenvalue weighted by molar-refractivity contribution is 5.15. The van der Waals surface area contributed by atoms with Gasteiger partial charge in [0.05, 0.1) is 0 Å². The maximum Gasteiger partial charge on any atom is -0.0250 e. The highest BCUT2D eigenvalue weighted by atomic mass is 14.1. The molecule has 0 nitrogen and oxygen atoms in total. The molecule has 0 aliphatic rings. The number of hydrogen-bond acceptors (Lipinski definition) is 0. The molecule has 1 unspecified atom stereocenters. The summed E-state index contributed by atoms with van der Waals surface area (Å²) in [4.78, 5) is 0. The van der Waals surface area contributed by atoms with E-state index in [4.69, 9.17) is 0 Å². The maximum atomic E-state index is 2.30. The molecule has 0 heteroatoms. The van der Waals surface area contributed by atoms with Crippen LogP contribution in [0.15, 0.2) is 30.3 Å². The smallest absolute Gasteiger partial charge is 0.0250 e. The first-order valence-electron chi connectivity index (χ1n) is 8.40. The van der Waals surface area contributed by atoms with Crippen LogP contribution in [-0.4, -0.2) is 0 Å². The molecule has 1 aromatic rings. The Morgan fingerprint density at radius 3 is 1.95 bits per heavy atom. The fraction of sp³-hybridized carbons (Fsp3) is 0.684. The van der Waals surface area contributed by atoms with Crippen molar-refractivity contribution in [1.82, 2.24) is 0 Å². The Morgan fingerprint density at radius 2 is 1.37 bits per heavy atom. The molecule has 0 aliphatic heterocycles. The minimum Gasteiger partial charge on any atom is -0.0683 e. The van der Waals surface area contributed by atoms with Gasteiger partial charge in [-0.3, -0.25) is 0 Å². The van der Waals surface area contributed by atoms with E-state index < -0.39 is 0 Å². The SMILES string of the molecule is CC.CCCCCC(CCCC)Cc1ccccc1. The van der Waals surface area contributed by atoms with Crippen LogP contribution in [0.1, 0.15) is 78.2 Å². The van der Waals surface area contributed by atoms with E-state index in [2.05, 4.69) is 44.2 Å². The first-order chi connectivity index (χ1) is 9.36. The van der Waals surface area contributed by atoms with Crippen LogP contribution >= 0.6 is 0 Å². The fourth-order valence-electron chi connectivity index (χ4n) is 2.47. The number of benzene rings is 1. The Morgan fingerprint density at radius 1 is 0.789 bits per heavy atom. The van der Waals surface area contributed by atoms with Gasteiger partial charge in [-0.1, -0.05) is 103 Å². The standard InChI is InChI=1S/C17H28.C2H6/c1-3-5-8-12-16(11-6-4-2)15-17-13-9-7-10-14-17;1-2/h7,9-10,13-14,16H,3-6,8,11-12,15H2,1-2H3;1-2H3. The van der Waals surface area contributed by atoms with E-state index in [-0.39, 0.29) is 0 Å². The van der Waals surface area contributed by atoms with Gasteiger partial charge in [0.2, 0.25) is 0 Å². The first-order valence-corrected chi connectivity index (χ1v) is 8.40. The molecule has 0 spiro atoms. The van der Waals surface area contributed by atoms with Crippen molar-refractivity contribution < 1.29 is 0 Å². The first kappa shape index (κ1) is 18.2. The molecule has 0 saturated heterocycles. The van der Waals surface area contributed by atoms with E-state index in [9.17, 15) is 0 Å². The molecule has 1 aromatic carbocycles. The molecule has 19 heavy (non-hydrogen) atoms. The molecule has 0 N–H and O–H groups in total. The van der Waals surface area contributed by atoms with Gasteiger partial charge >= 0.3 is 0 Å². The van der Waals surface area contributed by atoms with E-state index in [1.807, 2.05) is 13.8 Å². The van der Waals surface area contributed by atoms with E-state index in [0.717, 1.165) is 5.92 Å². The average Bonchev–Trinajstić information content (AvgIpc) is 2.48. The largest absolute Gasteiger partial charge is 0.0683 e. The lowest BCUT2D eigenvalue weighted by molar-refractivity contribution is 0.412. The summed E-state index contributed by atoms with van der Waals surface area (Å²) in [6.45, 7) is 8.59. The van der Waals surface area contributed by atoms with E-state index in [0.29, 0.717) is 0 Å². The summed E-state index contributed by atoms with van der Waals surface area (Å²) in [6, 6.07) is 11.0. The van der Waals surface area contributed by atoms with Gasteiger partial charge in [0, 0.05) is 0 Å². The van der Waals surface area contributed by atoms with Crippen LogP contribution in [0.25, 0.3) is 0 Å². The summed E-state index contributed by atoms with van der Waals surface area (Å²) in [6.07, 6.45) is 11.0. The highest BCUT2D eigenvalue weighted by Gasteiger charge is 2.08. The fourth-order valence-corrected chi connectivity index (χ4v) is 2.47. The van der Waals surface area contributed by atoms with Crippen LogP contribution in [0.4, 0.5) is 0 Å². The summed E-state index contributed by atoms with van der Waals surface area (Å²) >= 11 is 0. The molecule has 0 heterocycles. The maximum absolute atomic E-state index is 2.30. The molecular formula is C19H34. The zero-order chi connectivity index (χ0) is 14.3. The zero-order valence-electron chi connectivity index (χ0n) is 13.6. The number of hydrogen-bond donors (Lipinski definition) is 0. The Bertz CT molecular complexity index is 263. The summed E-state index contributed by atoms with van der Waals surface area (Å²) in [5.74, 6) is 0.906. The van der Waals surface area contributed by atoms with Crippen LogP contribution < -0.4 is 0 Å². The third-order valence-electron chi connectivity index (χ3n) is 3.55. The van der Waals surface area contributed by atoms with Crippen LogP contribution in [0, 0.1) is 5.92 Å². The third-order valence-corrected chi connectivity index (χ3v) is 3.55. The Hall–Kier alpha value is -0.780. The van der Waals surface area contributed by atoms with Gasteiger partial charge in [-0.15, -0.1) is 0 Å². The minimum atomic E-state index is 0.906. The molecule has 0 saturated carbocycles. The summed E-state index contributed by atoms with van der Waals surface area (Å²) < 4.78 is 0. The van der Waals surface area contributed by atoms with Crippen molar-refractivity contribution in [3.05, 3.63) is 35.9 Å². The Balaban J connectivity index is 0.00000154. The van der Waals surface area contributed by atoms with Crippen LogP contribution in [0.2, 0.25) is 0 Å². The molecular weight excluding hydrogens is 228 g/mol. The van der Waals surface area contributed by atoms with Crippen molar-refractivity contribution in [1.29, 1.82) is 0 Å². The van der Waals surface area contributed by atoms with Crippen LogP contribution in [0.3, 0.4) is 0 Å². The summed E-state index contributed by atoms with van der Waals surface area (Å²) in [5.41, 5.74) is 1.52. The molecule has 0 amide bonds. The van der Waals surface area contributed by atoms with Crippen molar-refractivity contribution in [2.24, 2.45) is 5.92 Å². The quantitative estimate of drug-likeness (QED) is 0.437. The van der Waals surface area contributed by atoms with Gasteiger partial charge in [0.25, 0.3) is 0 Å². The predicted molar refractivity (Wildman–Crippen MR) is 88.7 cm³/mol. The molecule has 0 bridgehead atoms. The van der Waals surface area contributed by atoms with Crippen molar-refractivity contribution >= 4 is 0 Å². The van der Waals surface area contributed by atoms with Crippen molar-refractivity contribution in [3.63, 3.8) is 0 Å². The molecule has 0 aromatic heterocycles. The molecule has 0 fully saturated rings. The van der Waals surface area contributed by atoms with E-state index in [1.54, 1.807) is 0 Å². The highest BCUT2D eigenvalue weighted by Crippen LogP contribution is 2.21. The van der Waals surface area contributed by atoms with Gasteiger partial charge in [0.15, 0.2) is 0 Å². The topological polar surface area (TPSA) is 0 Å². The second-order valence-corrected chi connectivity index (χ2v) is 5.19. The molecule has 0 aliphatic carbocycles. The lowest BCUT2D eigenvalue weighted by Crippen LogP contribution is -2.05. The van der Waals surface area contributed by atoms with Crippen LogP contribution in [-0.2, 0) is 6.42 Å². The number of unbranched alkanes of at least 4 members (excludes halogenated alkanes) is 3. The normalized spacial score (nSPS) is 11.6. The van der Waals surface area contributed by atoms with Gasteiger partial charge in [-0.2, -0.15) is 0 Å². The van der Waals surface area contributed by atoms with Crippen LogP contribution in [0.5, 0.6) is 0 Å². The third kappa shape index (κ3) is 9.76. The second-order valence-electron chi connectivity index (χ2n) is 5.19. The lowest BCUT2D eigenvalue weighted by atomic mass is 9.89. The average molecular weight is 262 g/mol. The number of rotatable bonds is 9. The molecule has 1 atom stereocenters. The molecule has 1 rings (SSSR count). The minimum absolute atomic E-state index is 0.906. The zero-order valence-corrected chi connectivity index (χ0v) is 13.6. The predicted octanol–water partition coefficient (Wildman–Crippen LogP) is 6.64. The van der Waals surface area contributed by atoms with Gasteiger partial charge in [-0.25, -0.2) is 0 Å². The van der Waals surface area contributed by atoms with Gasteiger partial charge < -0.3 is 0 Å². The van der Waals surface area contributed by atoms with Gasteiger partial charge in [-0.05, 0) is 17.9 Å².